The number of carbonyl (C=O) groups is 2. The zero-order valence-electron chi connectivity index (χ0n) is 16.9. The van der Waals surface area contributed by atoms with Crippen LogP contribution >= 0.6 is 11.8 Å². The Kier molecular flexibility index (Phi) is 5.50. The summed E-state index contributed by atoms with van der Waals surface area (Å²) in [7, 11) is 1.94. The van der Waals surface area contributed by atoms with Crippen molar-refractivity contribution in [3.63, 3.8) is 0 Å². The van der Waals surface area contributed by atoms with Gasteiger partial charge in [0.2, 0.25) is 11.1 Å². The lowest BCUT2D eigenvalue weighted by Crippen LogP contribution is -2.25. The van der Waals surface area contributed by atoms with Gasteiger partial charge in [-0.2, -0.15) is 0 Å². The molecule has 0 aliphatic carbocycles. The third-order valence-corrected chi connectivity index (χ3v) is 6.15. The van der Waals surface area contributed by atoms with Crippen LogP contribution in [0.25, 0.3) is 22.1 Å². The van der Waals surface area contributed by atoms with Gasteiger partial charge in [0, 0.05) is 23.7 Å². The second kappa shape index (κ2) is 8.23. The molecule has 0 fully saturated rings. The number of amides is 1. The van der Waals surface area contributed by atoms with Gasteiger partial charge >= 0.3 is 0 Å². The van der Waals surface area contributed by atoms with Crippen molar-refractivity contribution < 1.29 is 9.59 Å². The third-order valence-electron chi connectivity index (χ3n) is 4.93. The minimum atomic E-state index is -0.389. The van der Waals surface area contributed by atoms with Crippen LogP contribution in [0.2, 0.25) is 0 Å². The third kappa shape index (κ3) is 3.78. The molecule has 1 atom stereocenters. The van der Waals surface area contributed by atoms with E-state index in [2.05, 4.69) is 20.5 Å². The number of thioether (sulfide) groups is 1. The molecule has 4 rings (SSSR count). The van der Waals surface area contributed by atoms with Gasteiger partial charge in [-0.1, -0.05) is 49.0 Å². The lowest BCUT2D eigenvalue weighted by Gasteiger charge is -2.14. The molecule has 1 unspecified atom stereocenters. The van der Waals surface area contributed by atoms with E-state index in [0.29, 0.717) is 22.8 Å². The van der Waals surface area contributed by atoms with Crippen LogP contribution < -0.4 is 5.32 Å². The van der Waals surface area contributed by atoms with Crippen molar-refractivity contribution in [1.29, 1.82) is 0 Å². The van der Waals surface area contributed by atoms with Gasteiger partial charge in [0.25, 0.3) is 0 Å². The highest BCUT2D eigenvalue weighted by Gasteiger charge is 2.21. The molecule has 2 aromatic heterocycles. The zero-order chi connectivity index (χ0) is 21.3. The minimum absolute atomic E-state index is 0.0461. The molecule has 1 N–H and O–H groups in total. The maximum atomic E-state index is 12.8. The summed E-state index contributed by atoms with van der Waals surface area (Å²) in [6.07, 6.45) is 0.597. The number of para-hydroxylation sites is 1. The van der Waals surface area contributed by atoms with Crippen LogP contribution in [-0.4, -0.2) is 36.7 Å². The van der Waals surface area contributed by atoms with Gasteiger partial charge in [0.05, 0.1) is 10.8 Å². The summed E-state index contributed by atoms with van der Waals surface area (Å²) in [4.78, 5) is 29.0. The molecule has 0 aliphatic heterocycles. The molecular formula is C22H21N5O2S. The fraction of sp³-hybridized carbons (Fsp3) is 0.227. The predicted octanol–water partition coefficient (Wildman–Crippen LogP) is 4.23. The van der Waals surface area contributed by atoms with Crippen LogP contribution in [0.5, 0.6) is 0 Å². The second-order valence-corrected chi connectivity index (χ2v) is 8.15. The fourth-order valence-electron chi connectivity index (χ4n) is 3.33. The topological polar surface area (TPSA) is 89.8 Å². The predicted molar refractivity (Wildman–Crippen MR) is 119 cm³/mol. The summed E-state index contributed by atoms with van der Waals surface area (Å²) in [6.45, 7) is 3.44. The second-order valence-electron chi connectivity index (χ2n) is 6.98. The molecule has 4 aromatic rings. The molecule has 1 amide bonds. The number of nitrogens with one attached hydrogen (secondary N) is 1. The number of anilines is 1. The van der Waals surface area contributed by atoms with Gasteiger partial charge in [0.15, 0.2) is 11.4 Å². The largest absolute Gasteiger partial charge is 0.327 e. The summed E-state index contributed by atoms with van der Waals surface area (Å²) in [6, 6.07) is 14.9. The smallest absolute Gasteiger partial charge is 0.237 e. The van der Waals surface area contributed by atoms with Crippen molar-refractivity contribution in [2.45, 2.75) is 30.7 Å². The summed E-state index contributed by atoms with van der Waals surface area (Å²) in [5, 5.41) is 12.6. The van der Waals surface area contributed by atoms with E-state index >= 15 is 0 Å². The molecule has 7 nitrogen and oxygen atoms in total. The Bertz CT molecular complexity index is 1270. The molecule has 2 heterocycles. The van der Waals surface area contributed by atoms with Crippen molar-refractivity contribution in [3.8, 4) is 0 Å². The van der Waals surface area contributed by atoms with Gasteiger partial charge in [-0.05, 0) is 31.5 Å². The molecule has 0 radical (unpaired) electrons. The monoisotopic (exact) mass is 419 g/mol. The molecule has 152 valence electrons. The van der Waals surface area contributed by atoms with Gasteiger partial charge in [-0.3, -0.25) is 9.59 Å². The number of carbonyl (C=O) groups excluding carboxylic acids is 2. The van der Waals surface area contributed by atoms with Crippen molar-refractivity contribution >= 4 is 51.2 Å². The van der Waals surface area contributed by atoms with E-state index < -0.39 is 0 Å². The normalized spacial score (nSPS) is 12.2. The Balaban J connectivity index is 1.57. The first-order valence-corrected chi connectivity index (χ1v) is 10.5. The number of ketones is 1. The Morgan fingerprint density at radius 2 is 1.93 bits per heavy atom. The summed E-state index contributed by atoms with van der Waals surface area (Å²) in [5.41, 5.74) is 3.66. The lowest BCUT2D eigenvalue weighted by molar-refractivity contribution is -0.115. The molecular weight excluding hydrogens is 398 g/mol. The maximum absolute atomic E-state index is 12.8. The minimum Gasteiger partial charge on any atom is -0.327 e. The molecule has 8 heteroatoms. The number of benzene rings is 2. The van der Waals surface area contributed by atoms with Gasteiger partial charge in [-0.25, -0.2) is 4.98 Å². The molecule has 30 heavy (non-hydrogen) atoms. The van der Waals surface area contributed by atoms with Gasteiger partial charge < -0.3 is 9.88 Å². The van der Waals surface area contributed by atoms with E-state index in [4.69, 9.17) is 0 Å². The van der Waals surface area contributed by atoms with Crippen molar-refractivity contribution in [3.05, 3.63) is 54.1 Å². The number of hydrogen-bond donors (Lipinski definition) is 1. The first-order valence-electron chi connectivity index (χ1n) is 9.64. The first-order chi connectivity index (χ1) is 14.5. The Labute approximate surface area is 177 Å². The SMILES string of the molecule is CCC(Sc1nnc2c3ccccc3n(C)c2n1)C(=O)Nc1cccc(C(C)=O)c1. The molecule has 0 saturated carbocycles. The van der Waals surface area contributed by atoms with Crippen LogP contribution in [0.4, 0.5) is 5.69 Å². The number of aryl methyl sites for hydroxylation is 1. The molecule has 0 saturated heterocycles. The summed E-state index contributed by atoms with van der Waals surface area (Å²) >= 11 is 1.28. The van der Waals surface area contributed by atoms with Crippen LogP contribution in [0.3, 0.4) is 0 Å². The van der Waals surface area contributed by atoms with Gasteiger partial charge in [0.1, 0.15) is 5.52 Å². The number of aromatic nitrogens is 4. The number of rotatable bonds is 6. The molecule has 0 spiro atoms. The number of fused-ring (bicyclic) bond motifs is 3. The standard InChI is InChI=1S/C22H21N5O2S/c1-4-18(21(29)23-15-9-7-8-14(12-15)13(2)28)30-22-24-20-19(25-26-22)16-10-5-6-11-17(16)27(20)3/h5-12,18H,4H2,1-3H3,(H,23,29). The van der Waals surface area contributed by atoms with Gasteiger partial charge in [-0.15, -0.1) is 10.2 Å². The van der Waals surface area contributed by atoms with E-state index in [-0.39, 0.29) is 16.9 Å². The quantitative estimate of drug-likeness (QED) is 0.372. The average molecular weight is 420 g/mol. The number of hydrogen-bond acceptors (Lipinski definition) is 6. The van der Waals surface area contributed by atoms with Crippen molar-refractivity contribution in [2.75, 3.05) is 5.32 Å². The van der Waals surface area contributed by atoms with E-state index in [0.717, 1.165) is 22.1 Å². The van der Waals surface area contributed by atoms with Crippen LogP contribution in [0, 0.1) is 0 Å². The number of nitrogens with zero attached hydrogens (tertiary/aromatic N) is 4. The molecule has 2 aromatic carbocycles. The molecule has 0 aliphatic rings. The van der Waals surface area contributed by atoms with Crippen LogP contribution in [0.1, 0.15) is 30.6 Å². The Hall–Kier alpha value is -3.26. The van der Waals surface area contributed by atoms with E-state index in [1.807, 2.05) is 42.8 Å². The first kappa shape index (κ1) is 20.0. The highest BCUT2D eigenvalue weighted by molar-refractivity contribution is 8.00. The van der Waals surface area contributed by atoms with E-state index in [1.54, 1.807) is 24.3 Å². The average Bonchev–Trinajstić information content (AvgIpc) is 3.04. The molecule has 0 bridgehead atoms. The van der Waals surface area contributed by atoms with Crippen LogP contribution in [-0.2, 0) is 11.8 Å². The Morgan fingerprint density at radius 3 is 2.70 bits per heavy atom. The van der Waals surface area contributed by atoms with Crippen molar-refractivity contribution in [2.24, 2.45) is 7.05 Å². The maximum Gasteiger partial charge on any atom is 0.237 e. The zero-order valence-corrected chi connectivity index (χ0v) is 17.7. The highest BCUT2D eigenvalue weighted by atomic mass is 32.2. The lowest BCUT2D eigenvalue weighted by atomic mass is 10.1. The highest BCUT2D eigenvalue weighted by Crippen LogP contribution is 2.28. The number of Topliss-reactive ketones (excluding diaryl/α,β-unsaturated/α-hetero) is 1. The van der Waals surface area contributed by atoms with E-state index in [1.165, 1.54) is 18.7 Å². The van der Waals surface area contributed by atoms with Crippen LogP contribution in [0.15, 0.2) is 53.7 Å². The summed E-state index contributed by atoms with van der Waals surface area (Å²) < 4.78 is 1.98. The van der Waals surface area contributed by atoms with Crippen molar-refractivity contribution in [1.82, 2.24) is 19.7 Å². The Morgan fingerprint density at radius 1 is 1.13 bits per heavy atom. The fourth-order valence-corrected chi connectivity index (χ4v) is 4.14. The summed E-state index contributed by atoms with van der Waals surface area (Å²) in [5.74, 6) is -0.209. The van der Waals surface area contributed by atoms with E-state index in [9.17, 15) is 9.59 Å².